The van der Waals surface area contributed by atoms with Crippen LogP contribution in [-0.4, -0.2) is 16.0 Å². The first kappa shape index (κ1) is 19.9. The van der Waals surface area contributed by atoms with Gasteiger partial charge in [-0.25, -0.2) is 0 Å². The summed E-state index contributed by atoms with van der Waals surface area (Å²) in [6.07, 6.45) is 3.53. The third kappa shape index (κ3) is 4.11. The molecule has 150 valence electrons. The Hall–Kier alpha value is -3.44. The zero-order chi connectivity index (χ0) is 21.1. The second-order valence-electron chi connectivity index (χ2n) is 7.09. The van der Waals surface area contributed by atoms with Gasteiger partial charge in [-0.05, 0) is 60.4 Å². The van der Waals surface area contributed by atoms with Gasteiger partial charge in [-0.15, -0.1) is 0 Å². The van der Waals surface area contributed by atoms with Crippen molar-refractivity contribution in [2.45, 2.75) is 20.3 Å². The topological polar surface area (TPSA) is 68.0 Å². The van der Waals surface area contributed by atoms with Crippen LogP contribution in [0.2, 0.25) is 5.02 Å². The van der Waals surface area contributed by atoms with E-state index in [1.165, 1.54) is 5.56 Å². The van der Waals surface area contributed by atoms with Crippen molar-refractivity contribution in [2.24, 2.45) is 0 Å². The van der Waals surface area contributed by atoms with Crippen LogP contribution in [0.1, 0.15) is 16.7 Å². The molecule has 0 fully saturated rings. The molecule has 0 atom stereocenters. The average Bonchev–Trinajstić information content (AvgIpc) is 3.15. The van der Waals surface area contributed by atoms with Crippen LogP contribution >= 0.6 is 11.6 Å². The van der Waals surface area contributed by atoms with Crippen molar-refractivity contribution in [1.82, 2.24) is 10.1 Å². The van der Waals surface area contributed by atoms with Gasteiger partial charge in [-0.3, -0.25) is 15.1 Å². The van der Waals surface area contributed by atoms with E-state index < -0.39 is 0 Å². The van der Waals surface area contributed by atoms with E-state index in [1.54, 1.807) is 18.5 Å². The van der Waals surface area contributed by atoms with Crippen molar-refractivity contribution in [2.75, 3.05) is 5.32 Å². The normalized spacial score (nSPS) is 10.8. The molecule has 0 saturated heterocycles. The van der Waals surface area contributed by atoms with Gasteiger partial charge in [-0.1, -0.05) is 47.1 Å². The summed E-state index contributed by atoms with van der Waals surface area (Å²) in [5, 5.41) is 7.68. The molecular weight excluding hydrogens is 398 g/mol. The highest BCUT2D eigenvalue weighted by atomic mass is 35.5. The lowest BCUT2D eigenvalue weighted by Crippen LogP contribution is -2.14. The third-order valence-electron chi connectivity index (χ3n) is 5.00. The van der Waals surface area contributed by atoms with Crippen molar-refractivity contribution >= 4 is 23.4 Å². The smallest absolute Gasteiger partial charge is 0.239 e. The van der Waals surface area contributed by atoms with E-state index in [0.717, 1.165) is 22.3 Å². The van der Waals surface area contributed by atoms with Gasteiger partial charge in [0.25, 0.3) is 0 Å². The zero-order valence-corrected chi connectivity index (χ0v) is 17.4. The molecule has 2 aromatic heterocycles. The summed E-state index contributed by atoms with van der Waals surface area (Å²) in [6, 6.07) is 17.1. The van der Waals surface area contributed by atoms with Gasteiger partial charge in [0.2, 0.25) is 11.8 Å². The molecule has 1 N–H and O–H groups in total. The predicted molar refractivity (Wildman–Crippen MR) is 118 cm³/mol. The Morgan fingerprint density at radius 1 is 1.00 bits per heavy atom. The first-order valence-electron chi connectivity index (χ1n) is 9.54. The number of aryl methyl sites for hydroxylation is 2. The van der Waals surface area contributed by atoms with Gasteiger partial charge in [0.1, 0.15) is 5.69 Å². The van der Waals surface area contributed by atoms with Gasteiger partial charge < -0.3 is 4.52 Å². The van der Waals surface area contributed by atoms with E-state index in [0.29, 0.717) is 22.2 Å². The van der Waals surface area contributed by atoms with Crippen molar-refractivity contribution in [3.8, 4) is 22.4 Å². The maximum Gasteiger partial charge on any atom is 0.239 e. The van der Waals surface area contributed by atoms with Crippen LogP contribution in [0.5, 0.6) is 0 Å². The Kier molecular flexibility index (Phi) is 5.63. The lowest BCUT2D eigenvalue weighted by molar-refractivity contribution is -0.115. The summed E-state index contributed by atoms with van der Waals surface area (Å²) in [5.74, 6) is 0.0627. The lowest BCUT2D eigenvalue weighted by atomic mass is 9.98. The molecule has 30 heavy (non-hydrogen) atoms. The number of carbonyl (C=O) groups excluding carboxylic acids is 1. The van der Waals surface area contributed by atoms with Crippen LogP contribution in [0.25, 0.3) is 22.4 Å². The fraction of sp³-hybridized carbons (Fsp3) is 0.125. The largest absolute Gasteiger partial charge is 0.337 e. The number of benzene rings is 2. The van der Waals surface area contributed by atoms with E-state index in [1.807, 2.05) is 42.5 Å². The van der Waals surface area contributed by atoms with E-state index in [2.05, 4.69) is 35.4 Å². The first-order valence-corrected chi connectivity index (χ1v) is 9.91. The molecule has 2 aromatic carbocycles. The van der Waals surface area contributed by atoms with E-state index in [-0.39, 0.29) is 12.3 Å². The molecule has 1 amide bonds. The Bertz CT molecular complexity index is 1200. The Morgan fingerprint density at radius 2 is 1.77 bits per heavy atom. The van der Waals surface area contributed by atoms with Crippen LogP contribution < -0.4 is 5.32 Å². The highest BCUT2D eigenvalue weighted by molar-refractivity contribution is 6.31. The second kappa shape index (κ2) is 8.51. The molecule has 6 heteroatoms. The van der Waals surface area contributed by atoms with Crippen molar-refractivity contribution < 1.29 is 9.32 Å². The molecule has 4 aromatic rings. The molecule has 0 aliphatic carbocycles. The highest BCUT2D eigenvalue weighted by Gasteiger charge is 2.21. The molecule has 0 aliphatic heterocycles. The molecule has 0 bridgehead atoms. The number of halogens is 1. The summed E-state index contributed by atoms with van der Waals surface area (Å²) in [5.41, 5.74) is 6.25. The van der Waals surface area contributed by atoms with Crippen LogP contribution in [0.3, 0.4) is 0 Å². The Morgan fingerprint density at radius 3 is 2.50 bits per heavy atom. The number of hydrogen-bond acceptors (Lipinski definition) is 4. The maximum atomic E-state index is 12.7. The van der Waals surface area contributed by atoms with Crippen molar-refractivity contribution in [1.29, 1.82) is 0 Å². The van der Waals surface area contributed by atoms with Gasteiger partial charge in [0, 0.05) is 23.0 Å². The average molecular weight is 418 g/mol. The van der Waals surface area contributed by atoms with Gasteiger partial charge >= 0.3 is 0 Å². The summed E-state index contributed by atoms with van der Waals surface area (Å²) in [6.45, 7) is 4.11. The fourth-order valence-electron chi connectivity index (χ4n) is 3.23. The van der Waals surface area contributed by atoms with Gasteiger partial charge in [-0.2, -0.15) is 0 Å². The number of pyridine rings is 1. The molecule has 0 aliphatic rings. The minimum atomic E-state index is -0.235. The summed E-state index contributed by atoms with van der Waals surface area (Å²) >= 11 is 6.19. The van der Waals surface area contributed by atoms with E-state index in [9.17, 15) is 4.79 Å². The standard InChI is InChI=1S/C24H20ClN3O2/c1-15-7-8-19(13-16(15)2)23-22(17-9-11-26-12-10-17)24(30-28-23)27-21(29)14-18-5-3-4-6-20(18)25/h3-13H,14H2,1-2H3,(H,27,29). The number of amides is 1. The zero-order valence-electron chi connectivity index (χ0n) is 16.6. The number of aromatic nitrogens is 2. The number of rotatable bonds is 5. The third-order valence-corrected chi connectivity index (χ3v) is 5.37. The number of hydrogen-bond donors (Lipinski definition) is 1. The summed E-state index contributed by atoms with van der Waals surface area (Å²) in [4.78, 5) is 16.8. The lowest BCUT2D eigenvalue weighted by Gasteiger charge is -2.08. The van der Waals surface area contributed by atoms with E-state index in [4.69, 9.17) is 16.1 Å². The number of nitrogens with one attached hydrogen (secondary N) is 1. The second-order valence-corrected chi connectivity index (χ2v) is 7.49. The molecule has 0 radical (unpaired) electrons. The van der Waals surface area contributed by atoms with Crippen LogP contribution in [0.15, 0.2) is 71.5 Å². The number of carbonyl (C=O) groups is 1. The Labute approximate surface area is 179 Å². The quantitative estimate of drug-likeness (QED) is 0.442. The molecule has 0 unspecified atom stereocenters. The first-order chi connectivity index (χ1) is 14.5. The number of anilines is 1. The van der Waals surface area contributed by atoms with Gasteiger partial charge in [0.05, 0.1) is 12.0 Å². The van der Waals surface area contributed by atoms with E-state index >= 15 is 0 Å². The highest BCUT2D eigenvalue weighted by Crippen LogP contribution is 2.38. The van der Waals surface area contributed by atoms with Crippen LogP contribution in [-0.2, 0) is 11.2 Å². The fourth-order valence-corrected chi connectivity index (χ4v) is 3.44. The molecule has 0 spiro atoms. The molecule has 4 rings (SSSR count). The molecule has 5 nitrogen and oxygen atoms in total. The van der Waals surface area contributed by atoms with Crippen LogP contribution in [0, 0.1) is 13.8 Å². The number of nitrogens with zero attached hydrogens (tertiary/aromatic N) is 2. The molecule has 0 saturated carbocycles. The maximum absolute atomic E-state index is 12.7. The summed E-state index contributed by atoms with van der Waals surface area (Å²) < 4.78 is 5.58. The molecule has 2 heterocycles. The van der Waals surface area contributed by atoms with Crippen LogP contribution in [0.4, 0.5) is 5.88 Å². The predicted octanol–water partition coefficient (Wildman–Crippen LogP) is 5.86. The SMILES string of the molecule is Cc1ccc(-c2noc(NC(=O)Cc3ccccc3Cl)c2-c2ccncc2)cc1C. The van der Waals surface area contributed by atoms with Crippen molar-refractivity contribution in [3.63, 3.8) is 0 Å². The van der Waals surface area contributed by atoms with Gasteiger partial charge in [0.15, 0.2) is 0 Å². The minimum Gasteiger partial charge on any atom is -0.337 e. The molecular formula is C24H20ClN3O2. The minimum absolute atomic E-state index is 0.134. The monoisotopic (exact) mass is 417 g/mol. The summed E-state index contributed by atoms with van der Waals surface area (Å²) in [7, 11) is 0. The van der Waals surface area contributed by atoms with Crippen molar-refractivity contribution in [3.05, 3.63) is 88.7 Å². The Balaban J connectivity index is 1.71.